The number of hydrogen-bond donors (Lipinski definition) is 4. The minimum Gasteiger partial charge on any atom is -0.508 e. The topological polar surface area (TPSA) is 147 Å². The Labute approximate surface area is 114 Å². The fourth-order valence-electron chi connectivity index (χ4n) is 1.73. The molecule has 20 heavy (non-hydrogen) atoms. The van der Waals surface area contributed by atoms with Gasteiger partial charge in [-0.25, -0.2) is 0 Å². The Balaban J connectivity index is 2.87. The largest absolute Gasteiger partial charge is 0.508 e. The van der Waals surface area contributed by atoms with Gasteiger partial charge >= 0.3 is 5.97 Å². The van der Waals surface area contributed by atoms with Crippen LogP contribution in [0.1, 0.15) is 23.7 Å². The first kappa shape index (κ1) is 15.8. The van der Waals surface area contributed by atoms with Gasteiger partial charge in [0.2, 0.25) is 0 Å². The van der Waals surface area contributed by atoms with Crippen LogP contribution in [0.5, 0.6) is 5.75 Å². The summed E-state index contributed by atoms with van der Waals surface area (Å²) >= 11 is 0. The van der Waals surface area contributed by atoms with Gasteiger partial charge in [-0.1, -0.05) is 11.2 Å². The SMILES string of the molecule is [N-]=[N+]=NCCC(O)C(O)c1cc(CC(=O)O)ccc1O. The number of azide groups is 1. The summed E-state index contributed by atoms with van der Waals surface area (Å²) in [6.45, 7) is 0.00427. The maximum atomic E-state index is 10.6. The summed E-state index contributed by atoms with van der Waals surface area (Å²) in [6, 6.07) is 4.01. The lowest BCUT2D eigenvalue weighted by atomic mass is 9.98. The van der Waals surface area contributed by atoms with Crippen LogP contribution < -0.4 is 0 Å². The van der Waals surface area contributed by atoms with Crippen molar-refractivity contribution in [1.29, 1.82) is 0 Å². The second kappa shape index (κ2) is 7.34. The fraction of sp³-hybridized carbons (Fsp3) is 0.417. The number of aliphatic hydroxyl groups is 2. The molecule has 0 amide bonds. The Morgan fingerprint density at radius 3 is 2.70 bits per heavy atom. The van der Waals surface area contributed by atoms with Gasteiger partial charge in [0, 0.05) is 17.0 Å². The quantitative estimate of drug-likeness (QED) is 0.336. The highest BCUT2D eigenvalue weighted by molar-refractivity contribution is 5.70. The zero-order valence-corrected chi connectivity index (χ0v) is 10.5. The minimum atomic E-state index is -1.39. The number of aliphatic hydroxyl groups excluding tert-OH is 2. The molecule has 2 unspecified atom stereocenters. The van der Waals surface area contributed by atoms with Gasteiger partial charge in [0.1, 0.15) is 11.9 Å². The highest BCUT2D eigenvalue weighted by Crippen LogP contribution is 2.28. The van der Waals surface area contributed by atoms with Crippen LogP contribution in [-0.4, -0.2) is 39.0 Å². The number of aliphatic carboxylic acids is 1. The summed E-state index contributed by atoms with van der Waals surface area (Å²) in [5.41, 5.74) is 8.55. The minimum absolute atomic E-state index is 0.00427. The summed E-state index contributed by atoms with van der Waals surface area (Å²) in [5.74, 6) is -1.28. The molecule has 2 atom stereocenters. The Kier molecular flexibility index (Phi) is 5.79. The molecular weight excluding hydrogens is 266 g/mol. The Bertz CT molecular complexity index is 528. The molecule has 0 radical (unpaired) electrons. The van der Waals surface area contributed by atoms with Crippen LogP contribution in [0.3, 0.4) is 0 Å². The standard InChI is InChI=1S/C12H15N3O5/c13-15-14-4-3-10(17)12(20)8-5-7(6-11(18)19)1-2-9(8)16/h1-2,5,10,12,16-17,20H,3-4,6H2,(H,18,19). The average Bonchev–Trinajstić information content (AvgIpc) is 2.39. The van der Waals surface area contributed by atoms with E-state index in [9.17, 15) is 20.1 Å². The molecule has 0 aromatic heterocycles. The molecule has 0 saturated heterocycles. The summed E-state index contributed by atoms with van der Waals surface area (Å²) in [6.07, 6.45) is -2.85. The number of aromatic hydroxyl groups is 1. The van der Waals surface area contributed by atoms with Gasteiger partial charge in [-0.2, -0.15) is 0 Å². The second-order valence-electron chi connectivity index (χ2n) is 4.22. The molecule has 0 fully saturated rings. The van der Waals surface area contributed by atoms with E-state index in [-0.39, 0.29) is 30.7 Å². The monoisotopic (exact) mass is 281 g/mol. The third-order valence-electron chi connectivity index (χ3n) is 2.72. The normalized spacial score (nSPS) is 13.3. The van der Waals surface area contributed by atoms with E-state index >= 15 is 0 Å². The summed E-state index contributed by atoms with van der Waals surface area (Å²) < 4.78 is 0. The van der Waals surface area contributed by atoms with E-state index in [2.05, 4.69) is 10.0 Å². The number of carbonyl (C=O) groups is 1. The smallest absolute Gasteiger partial charge is 0.307 e. The van der Waals surface area contributed by atoms with Crippen LogP contribution >= 0.6 is 0 Å². The molecular formula is C12H15N3O5. The van der Waals surface area contributed by atoms with E-state index in [1.165, 1.54) is 18.2 Å². The number of rotatable bonds is 7. The first-order chi connectivity index (χ1) is 9.45. The van der Waals surface area contributed by atoms with E-state index < -0.39 is 18.2 Å². The summed E-state index contributed by atoms with van der Waals surface area (Å²) in [7, 11) is 0. The molecule has 0 aliphatic rings. The lowest BCUT2D eigenvalue weighted by molar-refractivity contribution is -0.136. The zero-order valence-electron chi connectivity index (χ0n) is 10.5. The number of carboxylic acids is 1. The molecule has 8 nitrogen and oxygen atoms in total. The summed E-state index contributed by atoms with van der Waals surface area (Å²) in [4.78, 5) is 13.1. The highest BCUT2D eigenvalue weighted by atomic mass is 16.4. The van der Waals surface area contributed by atoms with Crippen molar-refractivity contribution in [3.8, 4) is 5.75 Å². The predicted octanol–water partition coefficient (Wildman–Crippen LogP) is 1.11. The van der Waals surface area contributed by atoms with Gasteiger partial charge in [-0.3, -0.25) is 4.79 Å². The molecule has 0 heterocycles. The van der Waals surface area contributed by atoms with Crippen molar-refractivity contribution in [2.24, 2.45) is 5.11 Å². The van der Waals surface area contributed by atoms with E-state index in [0.717, 1.165) is 0 Å². The van der Waals surface area contributed by atoms with Crippen molar-refractivity contribution in [2.45, 2.75) is 25.0 Å². The third-order valence-corrected chi connectivity index (χ3v) is 2.72. The molecule has 4 N–H and O–H groups in total. The van der Waals surface area contributed by atoms with Gasteiger partial charge in [0.15, 0.2) is 0 Å². The lowest BCUT2D eigenvalue weighted by Crippen LogP contribution is -2.19. The molecule has 0 aliphatic carbocycles. The number of phenolic OH excluding ortho intramolecular Hbond substituents is 1. The number of phenols is 1. The Hall–Kier alpha value is -2.28. The highest BCUT2D eigenvalue weighted by Gasteiger charge is 2.21. The second-order valence-corrected chi connectivity index (χ2v) is 4.22. The van der Waals surface area contributed by atoms with Crippen LogP contribution in [0.4, 0.5) is 0 Å². The first-order valence-corrected chi connectivity index (χ1v) is 5.86. The molecule has 1 aromatic carbocycles. The Morgan fingerprint density at radius 2 is 2.10 bits per heavy atom. The van der Waals surface area contributed by atoms with Gasteiger partial charge in [-0.05, 0) is 29.6 Å². The van der Waals surface area contributed by atoms with E-state index in [4.69, 9.17) is 10.6 Å². The maximum absolute atomic E-state index is 10.6. The van der Waals surface area contributed by atoms with Gasteiger partial charge in [0.05, 0.1) is 12.5 Å². The van der Waals surface area contributed by atoms with Crippen molar-refractivity contribution >= 4 is 5.97 Å². The lowest BCUT2D eigenvalue weighted by Gasteiger charge is -2.19. The first-order valence-electron chi connectivity index (χ1n) is 5.86. The molecule has 8 heteroatoms. The van der Waals surface area contributed by atoms with Crippen LogP contribution in [0.25, 0.3) is 10.4 Å². The average molecular weight is 281 g/mol. The van der Waals surface area contributed by atoms with Gasteiger partial charge in [0.25, 0.3) is 0 Å². The number of benzene rings is 1. The molecule has 1 rings (SSSR count). The van der Waals surface area contributed by atoms with Crippen LogP contribution in [0.2, 0.25) is 0 Å². The van der Waals surface area contributed by atoms with Crippen molar-refractivity contribution in [2.75, 3.05) is 6.54 Å². The molecule has 0 bridgehead atoms. The zero-order chi connectivity index (χ0) is 15.1. The van der Waals surface area contributed by atoms with Gasteiger partial charge < -0.3 is 20.4 Å². The Morgan fingerprint density at radius 1 is 1.40 bits per heavy atom. The van der Waals surface area contributed by atoms with E-state index in [1.807, 2.05) is 0 Å². The number of nitrogens with zero attached hydrogens (tertiary/aromatic N) is 3. The third kappa shape index (κ3) is 4.43. The van der Waals surface area contributed by atoms with Crippen molar-refractivity contribution in [3.05, 3.63) is 39.8 Å². The van der Waals surface area contributed by atoms with Crippen molar-refractivity contribution in [3.63, 3.8) is 0 Å². The predicted molar refractivity (Wildman–Crippen MR) is 69.0 cm³/mol. The van der Waals surface area contributed by atoms with Crippen molar-refractivity contribution in [1.82, 2.24) is 0 Å². The molecule has 0 spiro atoms. The molecule has 0 aliphatic heterocycles. The number of carboxylic acid groups (broad SMARTS) is 1. The van der Waals surface area contributed by atoms with E-state index in [1.54, 1.807) is 0 Å². The van der Waals surface area contributed by atoms with Crippen LogP contribution in [0.15, 0.2) is 23.3 Å². The summed E-state index contributed by atoms with van der Waals surface area (Å²) in [5, 5.41) is 41.3. The fourth-order valence-corrected chi connectivity index (χ4v) is 1.73. The van der Waals surface area contributed by atoms with Gasteiger partial charge in [-0.15, -0.1) is 0 Å². The molecule has 0 saturated carbocycles. The maximum Gasteiger partial charge on any atom is 0.307 e. The van der Waals surface area contributed by atoms with E-state index in [0.29, 0.717) is 5.56 Å². The van der Waals surface area contributed by atoms with Crippen molar-refractivity contribution < 1.29 is 25.2 Å². The van der Waals surface area contributed by atoms with Crippen LogP contribution in [-0.2, 0) is 11.2 Å². The molecule has 1 aromatic rings. The molecule has 108 valence electrons. The number of hydrogen-bond acceptors (Lipinski definition) is 5. The van der Waals surface area contributed by atoms with Crippen LogP contribution in [0, 0.1) is 0 Å².